The first-order chi connectivity index (χ1) is 16.6. The summed E-state index contributed by atoms with van der Waals surface area (Å²) in [4.78, 5) is 0. The minimum absolute atomic E-state index is 0.253. The van der Waals surface area contributed by atoms with Gasteiger partial charge in [-0.15, -0.1) is 0 Å². The fourth-order valence-electron chi connectivity index (χ4n) is 4.46. The van der Waals surface area contributed by atoms with Gasteiger partial charge in [-0.3, -0.25) is 0 Å². The van der Waals surface area contributed by atoms with Gasteiger partial charge in [-0.1, -0.05) is 93.6 Å². The van der Waals surface area contributed by atoms with E-state index in [2.05, 4.69) is 68.3 Å². The average Bonchev–Trinajstić information content (AvgIpc) is 2.91. The Morgan fingerprint density at radius 1 is 0.794 bits per heavy atom. The number of hydrogen-bond acceptors (Lipinski definition) is 4. The van der Waals surface area contributed by atoms with Crippen LogP contribution in [0.5, 0.6) is 5.75 Å². The van der Waals surface area contributed by atoms with Crippen LogP contribution in [0, 0.1) is 11.3 Å². The van der Waals surface area contributed by atoms with E-state index in [9.17, 15) is 5.26 Å². The average molecular weight is 473 g/mol. The molecule has 0 radical (unpaired) electrons. The molecule has 0 aliphatic rings. The molecule has 0 saturated carbocycles. The minimum atomic E-state index is -2.01. The van der Waals surface area contributed by atoms with Gasteiger partial charge in [0.2, 0.25) is 8.32 Å². The summed E-state index contributed by atoms with van der Waals surface area (Å²) in [7, 11) is -0.352. The zero-order valence-electron chi connectivity index (χ0n) is 20.8. The number of nitriles is 1. The highest BCUT2D eigenvalue weighted by atomic mass is 28.4. The molecule has 2 unspecified atom stereocenters. The van der Waals surface area contributed by atoms with Crippen molar-refractivity contribution in [1.29, 1.82) is 5.26 Å². The van der Waals surface area contributed by atoms with Crippen LogP contribution in [0.25, 0.3) is 0 Å². The maximum Gasteiger partial charge on any atom is 0.220 e. The zero-order valence-corrected chi connectivity index (χ0v) is 21.8. The van der Waals surface area contributed by atoms with Crippen LogP contribution in [-0.2, 0) is 11.1 Å². The Bertz CT molecular complexity index is 1020. The Hall–Kier alpha value is -2.91. The van der Waals surface area contributed by atoms with Crippen molar-refractivity contribution in [3.8, 4) is 11.8 Å². The molecule has 0 aliphatic heterocycles. The van der Waals surface area contributed by atoms with Crippen molar-refractivity contribution in [2.24, 2.45) is 0 Å². The lowest BCUT2D eigenvalue weighted by Gasteiger charge is -2.41. The van der Waals surface area contributed by atoms with Crippen molar-refractivity contribution in [1.82, 2.24) is 5.06 Å². The van der Waals surface area contributed by atoms with Gasteiger partial charge in [-0.2, -0.15) is 10.3 Å². The van der Waals surface area contributed by atoms with E-state index >= 15 is 0 Å². The van der Waals surface area contributed by atoms with Gasteiger partial charge in [0.15, 0.2) is 0 Å². The third-order valence-corrected chi connectivity index (χ3v) is 11.3. The Labute approximate surface area is 205 Å². The molecule has 178 valence electrons. The highest BCUT2D eigenvalue weighted by Gasteiger charge is 2.38. The number of hydroxylamine groups is 2. The number of hydrogen-bond donors (Lipinski definition) is 0. The third kappa shape index (κ3) is 6.15. The largest absolute Gasteiger partial charge is 0.497 e. The van der Waals surface area contributed by atoms with Crippen LogP contribution < -0.4 is 4.74 Å². The van der Waals surface area contributed by atoms with Crippen LogP contribution in [0.1, 0.15) is 49.4 Å². The van der Waals surface area contributed by atoms with Crippen molar-refractivity contribution in [3.05, 3.63) is 102 Å². The third-order valence-electron chi connectivity index (χ3n) is 6.81. The molecule has 3 aromatic carbocycles. The van der Waals surface area contributed by atoms with E-state index in [1.54, 1.807) is 7.11 Å². The summed E-state index contributed by atoms with van der Waals surface area (Å²) in [6, 6.07) is 34.0. The molecule has 5 heteroatoms. The molecule has 0 bridgehead atoms. The van der Waals surface area contributed by atoms with Crippen molar-refractivity contribution in [3.63, 3.8) is 0 Å². The van der Waals surface area contributed by atoms with Crippen molar-refractivity contribution < 1.29 is 9.26 Å². The maximum absolute atomic E-state index is 10.5. The molecule has 0 aromatic heterocycles. The van der Waals surface area contributed by atoms with Crippen LogP contribution in [0.3, 0.4) is 0 Å². The molecule has 3 rings (SSSR count). The number of rotatable bonds is 12. The summed E-state index contributed by atoms with van der Waals surface area (Å²) in [5.74, 6) is 0.373. The van der Waals surface area contributed by atoms with Crippen LogP contribution in [-0.4, -0.2) is 20.5 Å². The first kappa shape index (κ1) is 25.7. The fourth-order valence-corrected chi connectivity index (χ4v) is 7.02. The van der Waals surface area contributed by atoms with E-state index in [0.29, 0.717) is 6.54 Å². The van der Waals surface area contributed by atoms with Gasteiger partial charge in [0, 0.05) is 6.54 Å². The lowest BCUT2D eigenvalue weighted by atomic mass is 9.87. The quantitative estimate of drug-likeness (QED) is 0.202. The summed E-state index contributed by atoms with van der Waals surface area (Å²) >= 11 is 0. The molecule has 34 heavy (non-hydrogen) atoms. The SMILES string of the molecule is CC[Si](CC)(CC)ON(Cc1ccccc1)C(c1ccccc1)C(C#N)c1ccc(OC)cc1. The lowest BCUT2D eigenvalue weighted by molar-refractivity contribution is -0.122. The molecule has 2 atom stereocenters. The number of benzene rings is 3. The summed E-state index contributed by atoms with van der Waals surface area (Å²) in [6.07, 6.45) is 0. The van der Waals surface area contributed by atoms with Crippen LogP contribution in [0.15, 0.2) is 84.9 Å². The Morgan fingerprint density at radius 3 is 1.85 bits per heavy atom. The lowest BCUT2D eigenvalue weighted by Crippen LogP contribution is -2.45. The van der Waals surface area contributed by atoms with Crippen molar-refractivity contribution in [2.45, 2.75) is 57.4 Å². The second-order valence-corrected chi connectivity index (χ2v) is 13.3. The molecular weight excluding hydrogens is 436 g/mol. The van der Waals surface area contributed by atoms with Crippen LogP contribution in [0.4, 0.5) is 0 Å². The molecule has 0 N–H and O–H groups in total. The zero-order chi connectivity index (χ0) is 24.4. The Kier molecular flexibility index (Phi) is 9.47. The van der Waals surface area contributed by atoms with Gasteiger partial charge in [0.25, 0.3) is 0 Å². The van der Waals surface area contributed by atoms with E-state index in [0.717, 1.165) is 35.0 Å². The predicted molar refractivity (Wildman–Crippen MR) is 141 cm³/mol. The van der Waals surface area contributed by atoms with Crippen LogP contribution in [0.2, 0.25) is 18.1 Å². The van der Waals surface area contributed by atoms with E-state index in [1.807, 2.05) is 48.5 Å². The van der Waals surface area contributed by atoms with Gasteiger partial charge in [0.1, 0.15) is 5.75 Å². The molecule has 0 spiro atoms. The molecule has 0 saturated heterocycles. The van der Waals surface area contributed by atoms with Gasteiger partial charge in [0.05, 0.1) is 25.1 Å². The molecular formula is C29H36N2O2Si. The van der Waals surface area contributed by atoms with Crippen LogP contribution >= 0.6 is 0 Å². The van der Waals surface area contributed by atoms with E-state index < -0.39 is 14.2 Å². The number of ether oxygens (including phenoxy) is 1. The van der Waals surface area contributed by atoms with Gasteiger partial charge in [-0.25, -0.2) is 0 Å². The van der Waals surface area contributed by atoms with E-state index in [-0.39, 0.29) is 6.04 Å². The molecule has 0 heterocycles. The van der Waals surface area contributed by atoms with Gasteiger partial charge >= 0.3 is 0 Å². The smallest absolute Gasteiger partial charge is 0.220 e. The Morgan fingerprint density at radius 2 is 1.35 bits per heavy atom. The van der Waals surface area contributed by atoms with Crippen molar-refractivity contribution >= 4 is 8.32 Å². The first-order valence-electron chi connectivity index (χ1n) is 12.2. The van der Waals surface area contributed by atoms with Crippen molar-refractivity contribution in [2.75, 3.05) is 7.11 Å². The molecule has 0 amide bonds. The minimum Gasteiger partial charge on any atom is -0.497 e. The monoisotopic (exact) mass is 472 g/mol. The first-order valence-corrected chi connectivity index (χ1v) is 14.7. The van der Waals surface area contributed by atoms with Gasteiger partial charge < -0.3 is 9.26 Å². The summed E-state index contributed by atoms with van der Waals surface area (Å²) in [5.41, 5.74) is 3.20. The highest BCUT2D eigenvalue weighted by Crippen LogP contribution is 2.39. The van der Waals surface area contributed by atoms with E-state index in [4.69, 9.17) is 9.26 Å². The van der Waals surface area contributed by atoms with Gasteiger partial charge in [-0.05, 0) is 47.0 Å². The fraction of sp³-hybridized carbons (Fsp3) is 0.345. The highest BCUT2D eigenvalue weighted by molar-refractivity contribution is 6.73. The molecule has 0 fully saturated rings. The normalized spacial score (nSPS) is 13.3. The standard InChI is InChI=1S/C29H36N2O2Si/c1-5-34(6-2,7-3)33-31(23-24-14-10-8-11-15-24)29(26-16-12-9-13-17-26)28(22-30)25-18-20-27(32-4)21-19-25/h8-21,28-29H,5-7,23H2,1-4H3. The van der Waals surface area contributed by atoms with E-state index in [1.165, 1.54) is 5.56 Å². The maximum atomic E-state index is 10.5. The summed E-state index contributed by atoms with van der Waals surface area (Å²) in [6.45, 7) is 7.33. The Balaban J connectivity index is 2.12. The summed E-state index contributed by atoms with van der Waals surface area (Å²) in [5, 5.41) is 12.6. The molecule has 4 nitrogen and oxygen atoms in total. The number of nitrogens with zero attached hydrogens (tertiary/aromatic N) is 2. The summed E-state index contributed by atoms with van der Waals surface area (Å²) < 4.78 is 12.4. The topological polar surface area (TPSA) is 45.5 Å². The second kappa shape index (κ2) is 12.5. The predicted octanol–water partition coefficient (Wildman–Crippen LogP) is 7.48. The molecule has 0 aliphatic carbocycles. The second-order valence-electron chi connectivity index (χ2n) is 8.63. The molecule has 3 aromatic rings. The number of methoxy groups -OCH3 is 1.